The molecule has 0 aliphatic rings. The summed E-state index contributed by atoms with van der Waals surface area (Å²) in [7, 11) is -4.21. The summed E-state index contributed by atoms with van der Waals surface area (Å²) in [6.45, 7) is 4.31. The summed E-state index contributed by atoms with van der Waals surface area (Å²) >= 11 is 0. The highest BCUT2D eigenvalue weighted by Gasteiger charge is 2.24. The van der Waals surface area contributed by atoms with Gasteiger partial charge in [0.2, 0.25) is 0 Å². The zero-order valence-corrected chi connectivity index (χ0v) is 19.9. The van der Waals surface area contributed by atoms with Gasteiger partial charge in [0.05, 0.1) is 19.8 Å². The second-order valence-electron chi connectivity index (χ2n) is 7.46. The van der Waals surface area contributed by atoms with Crippen molar-refractivity contribution in [2.75, 3.05) is 33.0 Å². The van der Waals surface area contributed by atoms with Crippen molar-refractivity contribution >= 4 is 13.8 Å². The van der Waals surface area contributed by atoms with Crippen LogP contribution in [0.5, 0.6) is 0 Å². The minimum Gasteiger partial charge on any atom is -0.457 e. The molecule has 0 aromatic rings. The Hall–Kier alpha value is -0.500. The molecule has 0 rings (SSSR count). The molecule has 0 aromatic carbocycles. The van der Waals surface area contributed by atoms with Gasteiger partial charge in [-0.25, -0.2) is 4.57 Å². The van der Waals surface area contributed by atoms with Crippen molar-refractivity contribution in [1.29, 1.82) is 0 Å². The van der Waals surface area contributed by atoms with Gasteiger partial charge in [-0.3, -0.25) is 13.8 Å². The molecule has 0 bridgehead atoms. The molecule has 30 heavy (non-hydrogen) atoms. The quantitative estimate of drug-likeness (QED) is 0.137. The van der Waals surface area contributed by atoms with Gasteiger partial charge in [0.15, 0.2) is 0 Å². The number of rotatable bonds is 22. The molecule has 2 unspecified atom stereocenters. The van der Waals surface area contributed by atoms with Crippen LogP contribution in [0.3, 0.4) is 0 Å². The second kappa shape index (κ2) is 20.4. The normalized spacial score (nSPS) is 14.4. The topological polar surface area (TPSA) is 117 Å². The zero-order chi connectivity index (χ0) is 22.5. The summed E-state index contributed by atoms with van der Waals surface area (Å²) in [5, 5.41) is 0. The fraction of sp³-hybridized carbons (Fsp3) is 0.952. The number of phosphoric ester groups is 1. The Morgan fingerprint density at radius 3 is 1.97 bits per heavy atom. The van der Waals surface area contributed by atoms with E-state index in [0.29, 0.717) is 6.61 Å². The minimum absolute atomic E-state index is 0.0947. The van der Waals surface area contributed by atoms with Gasteiger partial charge in [0.25, 0.3) is 0 Å². The first-order valence-corrected chi connectivity index (χ1v) is 13.0. The number of ether oxygens (including phenoxy) is 2. The van der Waals surface area contributed by atoms with Crippen LogP contribution >= 0.6 is 7.82 Å². The van der Waals surface area contributed by atoms with Crippen LogP contribution < -0.4 is 5.73 Å². The van der Waals surface area contributed by atoms with Crippen LogP contribution in [0.25, 0.3) is 0 Å². The lowest BCUT2D eigenvalue weighted by Crippen LogP contribution is -2.28. The van der Waals surface area contributed by atoms with E-state index in [-0.39, 0.29) is 32.8 Å². The summed E-state index contributed by atoms with van der Waals surface area (Å²) in [5.74, 6) is -0.419. The van der Waals surface area contributed by atoms with Crippen LogP contribution in [0, 0.1) is 0 Å². The maximum atomic E-state index is 11.7. The van der Waals surface area contributed by atoms with Crippen LogP contribution in [0.4, 0.5) is 0 Å². The Balaban J connectivity index is 3.84. The van der Waals surface area contributed by atoms with E-state index >= 15 is 0 Å². The highest BCUT2D eigenvalue weighted by molar-refractivity contribution is 7.47. The molecule has 0 aliphatic carbocycles. The van der Waals surface area contributed by atoms with E-state index < -0.39 is 19.9 Å². The largest absolute Gasteiger partial charge is 0.472 e. The maximum Gasteiger partial charge on any atom is 0.472 e. The Morgan fingerprint density at radius 2 is 1.43 bits per heavy atom. The minimum atomic E-state index is -4.21. The fourth-order valence-electron chi connectivity index (χ4n) is 2.85. The lowest BCUT2D eigenvalue weighted by Gasteiger charge is -2.19. The predicted octanol–water partition coefficient (Wildman–Crippen LogP) is 4.73. The molecule has 8 nitrogen and oxygen atoms in total. The van der Waals surface area contributed by atoms with Crippen molar-refractivity contribution in [3.63, 3.8) is 0 Å². The van der Waals surface area contributed by atoms with Crippen LogP contribution in [-0.4, -0.2) is 49.9 Å². The van der Waals surface area contributed by atoms with Gasteiger partial charge in [0.1, 0.15) is 6.10 Å². The zero-order valence-electron chi connectivity index (χ0n) is 19.0. The van der Waals surface area contributed by atoms with Crippen LogP contribution in [-0.2, 0) is 27.9 Å². The molecule has 0 saturated carbocycles. The van der Waals surface area contributed by atoms with Crippen LogP contribution in [0.2, 0.25) is 0 Å². The third kappa shape index (κ3) is 19.5. The van der Waals surface area contributed by atoms with Crippen LogP contribution in [0.1, 0.15) is 90.9 Å². The molecular weight excluding hydrogens is 409 g/mol. The SMILES string of the molecule is CCCCCCCCCCCCCOCC(COP(=O)(O)OCCN)OC(=O)CC. The summed E-state index contributed by atoms with van der Waals surface area (Å²) in [4.78, 5) is 21.1. The van der Waals surface area contributed by atoms with Gasteiger partial charge in [-0.15, -0.1) is 0 Å². The molecule has 0 radical (unpaired) electrons. The molecule has 0 fully saturated rings. The number of hydrogen-bond acceptors (Lipinski definition) is 7. The lowest BCUT2D eigenvalue weighted by molar-refractivity contribution is -0.154. The molecule has 2 atom stereocenters. The van der Waals surface area contributed by atoms with Gasteiger partial charge < -0.3 is 20.1 Å². The van der Waals surface area contributed by atoms with Crippen molar-refractivity contribution < 1.29 is 32.8 Å². The molecule has 0 amide bonds. The van der Waals surface area contributed by atoms with E-state index in [9.17, 15) is 14.3 Å². The molecule has 0 heterocycles. The molecule has 180 valence electrons. The van der Waals surface area contributed by atoms with E-state index in [1.165, 1.54) is 57.8 Å². The molecule has 3 N–H and O–H groups in total. The Kier molecular flexibility index (Phi) is 20.1. The van der Waals surface area contributed by atoms with Crippen molar-refractivity contribution in [2.24, 2.45) is 5.73 Å². The summed E-state index contributed by atoms with van der Waals surface area (Å²) in [6, 6.07) is 0. The molecule has 0 spiro atoms. The number of nitrogens with two attached hydrogens (primary N) is 1. The lowest BCUT2D eigenvalue weighted by atomic mass is 10.1. The summed E-state index contributed by atoms with van der Waals surface area (Å²) < 4.78 is 32.0. The number of carbonyl (C=O) groups is 1. The van der Waals surface area contributed by atoms with Gasteiger partial charge in [0, 0.05) is 19.6 Å². The number of hydrogen-bond donors (Lipinski definition) is 2. The molecule has 0 aromatic heterocycles. The predicted molar refractivity (Wildman–Crippen MR) is 118 cm³/mol. The average molecular weight is 454 g/mol. The molecular formula is C21H44NO7P. The molecule has 0 aliphatic heterocycles. The maximum absolute atomic E-state index is 11.7. The standard InChI is InChI=1S/C21H44NO7P/c1-3-5-6-7-8-9-10-11-12-13-14-16-26-18-20(29-21(23)4-2)19-28-30(24,25)27-17-15-22/h20H,3-19,22H2,1-2H3,(H,24,25). The molecule has 9 heteroatoms. The highest BCUT2D eigenvalue weighted by atomic mass is 31.2. The number of esters is 1. The van der Waals surface area contributed by atoms with E-state index in [4.69, 9.17) is 19.7 Å². The Labute approximate surface area is 182 Å². The number of unbranched alkanes of at least 4 members (excludes halogenated alkanes) is 10. The van der Waals surface area contributed by atoms with Gasteiger partial charge in [-0.05, 0) is 6.42 Å². The second-order valence-corrected chi connectivity index (χ2v) is 8.92. The third-order valence-corrected chi connectivity index (χ3v) is 5.56. The first-order valence-electron chi connectivity index (χ1n) is 11.5. The average Bonchev–Trinajstić information content (AvgIpc) is 2.73. The number of phosphoric acid groups is 1. The molecule has 0 saturated heterocycles. The first-order chi connectivity index (χ1) is 14.4. The van der Waals surface area contributed by atoms with Gasteiger partial charge in [-0.1, -0.05) is 78.1 Å². The summed E-state index contributed by atoms with van der Waals surface area (Å²) in [5.41, 5.74) is 5.24. The Bertz CT molecular complexity index is 451. The van der Waals surface area contributed by atoms with Gasteiger partial charge >= 0.3 is 13.8 Å². The van der Waals surface area contributed by atoms with E-state index in [0.717, 1.165) is 12.8 Å². The van der Waals surface area contributed by atoms with Crippen molar-refractivity contribution in [3.05, 3.63) is 0 Å². The van der Waals surface area contributed by atoms with E-state index in [1.807, 2.05) is 0 Å². The Morgan fingerprint density at radius 1 is 0.867 bits per heavy atom. The van der Waals surface area contributed by atoms with Crippen molar-refractivity contribution in [2.45, 2.75) is 97.0 Å². The van der Waals surface area contributed by atoms with Gasteiger partial charge in [-0.2, -0.15) is 0 Å². The fourth-order valence-corrected chi connectivity index (χ4v) is 3.62. The smallest absolute Gasteiger partial charge is 0.457 e. The number of carbonyl (C=O) groups excluding carboxylic acids is 1. The first kappa shape index (κ1) is 29.5. The summed E-state index contributed by atoms with van der Waals surface area (Å²) in [6.07, 6.45) is 13.3. The monoisotopic (exact) mass is 453 g/mol. The highest BCUT2D eigenvalue weighted by Crippen LogP contribution is 2.43. The van der Waals surface area contributed by atoms with Crippen molar-refractivity contribution in [3.8, 4) is 0 Å². The third-order valence-electron chi connectivity index (χ3n) is 4.58. The van der Waals surface area contributed by atoms with E-state index in [1.54, 1.807) is 6.92 Å². The van der Waals surface area contributed by atoms with E-state index in [2.05, 4.69) is 11.4 Å². The van der Waals surface area contributed by atoms with Crippen molar-refractivity contribution in [1.82, 2.24) is 0 Å². The van der Waals surface area contributed by atoms with Crippen LogP contribution in [0.15, 0.2) is 0 Å².